The lowest BCUT2D eigenvalue weighted by Crippen LogP contribution is -2.24. The lowest BCUT2D eigenvalue weighted by molar-refractivity contribution is 0.260. The SMILES string of the molecule is COP(=O)(OC)C(NCCc1ccccn1)c1cccs1. The highest BCUT2D eigenvalue weighted by Gasteiger charge is 2.35. The molecule has 0 aliphatic carbocycles. The van der Waals surface area contributed by atoms with Gasteiger partial charge in [0.2, 0.25) is 0 Å². The molecule has 114 valence electrons. The highest BCUT2D eigenvalue weighted by atomic mass is 32.1. The van der Waals surface area contributed by atoms with E-state index in [1.165, 1.54) is 25.6 Å². The molecule has 0 spiro atoms. The van der Waals surface area contributed by atoms with E-state index in [1.807, 2.05) is 35.7 Å². The topological polar surface area (TPSA) is 60.5 Å². The normalized spacial score (nSPS) is 13.2. The van der Waals surface area contributed by atoms with Crippen molar-refractivity contribution in [3.63, 3.8) is 0 Å². The molecule has 0 fully saturated rings. The fourth-order valence-electron chi connectivity index (χ4n) is 1.98. The van der Waals surface area contributed by atoms with Crippen molar-refractivity contribution in [2.24, 2.45) is 0 Å². The maximum atomic E-state index is 12.7. The standard InChI is InChI=1S/C14H19N2O3PS/c1-18-20(17,19-2)14(13-7-5-11-21-13)16-10-8-12-6-3-4-9-15-12/h3-7,9,11,14,16H,8,10H2,1-2H3. The minimum absolute atomic E-state index is 0.462. The number of nitrogens with zero attached hydrogens (tertiary/aromatic N) is 1. The number of pyridine rings is 1. The van der Waals surface area contributed by atoms with E-state index in [-0.39, 0.29) is 0 Å². The van der Waals surface area contributed by atoms with Gasteiger partial charge in [0.05, 0.1) is 0 Å². The maximum absolute atomic E-state index is 12.7. The number of nitrogens with one attached hydrogen (secondary N) is 1. The second-order valence-corrected chi connectivity index (χ2v) is 7.65. The molecule has 0 saturated heterocycles. The molecule has 7 heteroatoms. The van der Waals surface area contributed by atoms with Gasteiger partial charge in [-0.25, -0.2) is 0 Å². The van der Waals surface area contributed by atoms with Crippen molar-refractivity contribution in [1.82, 2.24) is 10.3 Å². The van der Waals surface area contributed by atoms with Crippen LogP contribution in [0, 0.1) is 0 Å². The fraction of sp³-hybridized carbons (Fsp3) is 0.357. The number of thiophene rings is 1. The first kappa shape index (κ1) is 16.3. The molecule has 1 atom stereocenters. The van der Waals surface area contributed by atoms with E-state index in [1.54, 1.807) is 6.20 Å². The van der Waals surface area contributed by atoms with Crippen LogP contribution in [0.15, 0.2) is 41.9 Å². The highest BCUT2D eigenvalue weighted by molar-refractivity contribution is 7.54. The summed E-state index contributed by atoms with van der Waals surface area (Å²) in [5.74, 6) is -0.462. The van der Waals surface area contributed by atoms with E-state index in [9.17, 15) is 4.57 Å². The zero-order valence-corrected chi connectivity index (χ0v) is 13.8. The summed E-state index contributed by atoms with van der Waals surface area (Å²) >= 11 is 1.52. The third kappa shape index (κ3) is 4.22. The van der Waals surface area contributed by atoms with Crippen LogP contribution in [0.2, 0.25) is 0 Å². The summed E-state index contributed by atoms with van der Waals surface area (Å²) in [7, 11) is -0.406. The molecule has 1 unspecified atom stereocenters. The van der Waals surface area contributed by atoms with E-state index in [0.29, 0.717) is 6.54 Å². The molecule has 2 rings (SSSR count). The Bertz CT molecular complexity index is 569. The van der Waals surface area contributed by atoms with Gasteiger partial charge in [0.1, 0.15) is 5.78 Å². The van der Waals surface area contributed by atoms with Gasteiger partial charge in [-0.1, -0.05) is 12.1 Å². The van der Waals surface area contributed by atoms with E-state index in [0.717, 1.165) is 17.0 Å². The molecule has 1 N–H and O–H groups in total. The molecular formula is C14H19N2O3PS. The molecule has 0 aromatic carbocycles. The number of hydrogen-bond acceptors (Lipinski definition) is 6. The third-order valence-corrected chi connectivity index (χ3v) is 6.31. The molecule has 0 bridgehead atoms. The van der Waals surface area contributed by atoms with Crippen molar-refractivity contribution in [1.29, 1.82) is 0 Å². The minimum atomic E-state index is -3.22. The van der Waals surface area contributed by atoms with Gasteiger partial charge in [0, 0.05) is 44.0 Å². The van der Waals surface area contributed by atoms with Crippen molar-refractivity contribution >= 4 is 18.9 Å². The molecule has 2 aromatic heterocycles. The molecule has 0 radical (unpaired) electrons. The Balaban J connectivity index is 2.05. The fourth-order valence-corrected chi connectivity index (χ4v) is 4.56. The van der Waals surface area contributed by atoms with Gasteiger partial charge in [-0.3, -0.25) is 14.9 Å². The lowest BCUT2D eigenvalue weighted by Gasteiger charge is -2.24. The van der Waals surface area contributed by atoms with Crippen LogP contribution in [-0.4, -0.2) is 25.7 Å². The first-order chi connectivity index (χ1) is 10.2. The predicted molar refractivity (Wildman–Crippen MR) is 84.6 cm³/mol. The molecule has 2 aromatic rings. The second kappa shape index (κ2) is 7.82. The summed E-state index contributed by atoms with van der Waals surface area (Å²) in [4.78, 5) is 5.21. The largest absolute Gasteiger partial charge is 0.352 e. The molecular weight excluding hydrogens is 307 g/mol. The van der Waals surface area contributed by atoms with Crippen molar-refractivity contribution in [2.75, 3.05) is 20.8 Å². The van der Waals surface area contributed by atoms with Gasteiger partial charge in [-0.2, -0.15) is 0 Å². The van der Waals surface area contributed by atoms with Crippen LogP contribution in [0.25, 0.3) is 0 Å². The van der Waals surface area contributed by atoms with Gasteiger partial charge in [-0.15, -0.1) is 11.3 Å². The molecule has 0 saturated carbocycles. The van der Waals surface area contributed by atoms with Crippen LogP contribution in [0.5, 0.6) is 0 Å². The maximum Gasteiger partial charge on any atom is 0.352 e. The van der Waals surface area contributed by atoms with Gasteiger partial charge in [0.25, 0.3) is 0 Å². The average Bonchev–Trinajstić information content (AvgIpc) is 3.06. The molecule has 21 heavy (non-hydrogen) atoms. The van der Waals surface area contributed by atoms with Crippen LogP contribution in [0.4, 0.5) is 0 Å². The molecule has 2 heterocycles. The molecule has 5 nitrogen and oxygen atoms in total. The minimum Gasteiger partial charge on any atom is -0.311 e. The van der Waals surface area contributed by atoms with Gasteiger partial charge in [0.15, 0.2) is 0 Å². The Labute approximate surface area is 128 Å². The van der Waals surface area contributed by atoms with E-state index in [2.05, 4.69) is 10.3 Å². The van der Waals surface area contributed by atoms with Crippen molar-refractivity contribution < 1.29 is 13.6 Å². The molecule has 0 aliphatic heterocycles. The second-order valence-electron chi connectivity index (χ2n) is 4.35. The van der Waals surface area contributed by atoms with Gasteiger partial charge in [-0.05, 0) is 23.6 Å². The van der Waals surface area contributed by atoms with E-state index < -0.39 is 13.4 Å². The van der Waals surface area contributed by atoms with Crippen LogP contribution >= 0.6 is 18.9 Å². The zero-order chi connectivity index (χ0) is 15.1. The Morgan fingerprint density at radius 2 is 2.10 bits per heavy atom. The van der Waals surface area contributed by atoms with Crippen LogP contribution in [0.1, 0.15) is 16.4 Å². The summed E-state index contributed by atoms with van der Waals surface area (Å²) in [6.45, 7) is 0.635. The van der Waals surface area contributed by atoms with Crippen LogP contribution in [-0.2, 0) is 20.0 Å². The van der Waals surface area contributed by atoms with Gasteiger partial charge < -0.3 is 9.05 Å². The Morgan fingerprint density at radius 3 is 2.67 bits per heavy atom. The third-order valence-electron chi connectivity index (χ3n) is 3.08. The van der Waals surface area contributed by atoms with Gasteiger partial charge >= 0.3 is 7.60 Å². The van der Waals surface area contributed by atoms with Crippen LogP contribution < -0.4 is 5.32 Å². The first-order valence-corrected chi connectivity index (χ1v) is 9.06. The van der Waals surface area contributed by atoms with Crippen molar-refractivity contribution in [3.8, 4) is 0 Å². The summed E-state index contributed by atoms with van der Waals surface area (Å²) < 4.78 is 23.0. The van der Waals surface area contributed by atoms with Crippen molar-refractivity contribution in [3.05, 3.63) is 52.5 Å². The quantitative estimate of drug-likeness (QED) is 0.753. The number of aromatic nitrogens is 1. The van der Waals surface area contributed by atoms with E-state index in [4.69, 9.17) is 9.05 Å². The summed E-state index contributed by atoms with van der Waals surface area (Å²) in [6.07, 6.45) is 2.51. The monoisotopic (exact) mass is 326 g/mol. The molecule has 0 amide bonds. The predicted octanol–water partition coefficient (Wildman–Crippen LogP) is 3.46. The molecule has 0 aliphatic rings. The van der Waals surface area contributed by atoms with Crippen LogP contribution in [0.3, 0.4) is 0 Å². The van der Waals surface area contributed by atoms with E-state index >= 15 is 0 Å². The number of rotatable bonds is 8. The zero-order valence-electron chi connectivity index (χ0n) is 12.1. The summed E-state index contributed by atoms with van der Waals surface area (Å²) in [5, 5.41) is 5.21. The number of hydrogen-bond donors (Lipinski definition) is 1. The highest BCUT2D eigenvalue weighted by Crippen LogP contribution is 2.59. The lowest BCUT2D eigenvalue weighted by atomic mass is 10.3. The Hall–Kier alpha value is -1.04. The van der Waals surface area contributed by atoms with Crippen molar-refractivity contribution in [2.45, 2.75) is 12.2 Å². The Kier molecular flexibility index (Phi) is 6.08. The summed E-state index contributed by atoms with van der Waals surface area (Å²) in [5.41, 5.74) is 0.986. The summed E-state index contributed by atoms with van der Waals surface area (Å²) in [6, 6.07) is 9.65. The smallest absolute Gasteiger partial charge is 0.311 e. The average molecular weight is 326 g/mol. The Morgan fingerprint density at radius 1 is 1.29 bits per heavy atom. The first-order valence-electron chi connectivity index (χ1n) is 6.57.